The zero-order chi connectivity index (χ0) is 21.0. The van der Waals surface area contributed by atoms with Gasteiger partial charge in [-0.3, -0.25) is 19.8 Å². The van der Waals surface area contributed by atoms with E-state index in [9.17, 15) is 19.7 Å². The Morgan fingerprint density at radius 2 is 1.86 bits per heavy atom. The van der Waals surface area contributed by atoms with Gasteiger partial charge in [-0.15, -0.1) is 11.3 Å². The second-order valence-electron chi connectivity index (χ2n) is 6.52. The minimum Gasteiger partial charge on any atom is -0.462 e. The van der Waals surface area contributed by atoms with E-state index in [1.54, 1.807) is 11.8 Å². The van der Waals surface area contributed by atoms with Crippen LogP contribution in [0.4, 0.5) is 5.69 Å². The standard InChI is InChI=1S/C19H20ClN3O5S/c1-2-28-19(25)14-9-13(10-15(11-14)23(26)27)18(24)22-7-5-21(6-8-22)12-16-3-4-17(20)29-16/h3-4,9-11H,2,5-8,12H2,1H3. The number of rotatable bonds is 6. The molecular formula is C19H20ClN3O5S. The van der Waals surface area contributed by atoms with Crippen molar-refractivity contribution in [3.8, 4) is 0 Å². The van der Waals surface area contributed by atoms with Gasteiger partial charge < -0.3 is 9.64 Å². The van der Waals surface area contributed by atoms with Gasteiger partial charge in [-0.25, -0.2) is 4.79 Å². The number of non-ortho nitro benzene ring substituents is 1. The van der Waals surface area contributed by atoms with Crippen LogP contribution in [0.2, 0.25) is 4.34 Å². The highest BCUT2D eigenvalue weighted by Gasteiger charge is 2.25. The molecule has 1 saturated heterocycles. The Kier molecular flexibility index (Phi) is 6.83. The molecule has 2 heterocycles. The van der Waals surface area contributed by atoms with Gasteiger partial charge in [0.1, 0.15) is 0 Å². The molecule has 29 heavy (non-hydrogen) atoms. The zero-order valence-corrected chi connectivity index (χ0v) is 17.4. The molecule has 1 aliphatic rings. The largest absolute Gasteiger partial charge is 0.462 e. The quantitative estimate of drug-likeness (QED) is 0.390. The molecule has 0 saturated carbocycles. The highest BCUT2D eigenvalue weighted by Crippen LogP contribution is 2.24. The first-order valence-electron chi connectivity index (χ1n) is 9.10. The summed E-state index contributed by atoms with van der Waals surface area (Å²) in [6, 6.07) is 7.53. The third-order valence-electron chi connectivity index (χ3n) is 4.55. The molecule has 1 aromatic heterocycles. The molecule has 10 heteroatoms. The van der Waals surface area contributed by atoms with Gasteiger partial charge in [-0.2, -0.15) is 0 Å². The molecule has 1 aromatic carbocycles. The van der Waals surface area contributed by atoms with E-state index in [4.69, 9.17) is 16.3 Å². The lowest BCUT2D eigenvalue weighted by Crippen LogP contribution is -2.48. The van der Waals surface area contributed by atoms with Crippen LogP contribution in [0.3, 0.4) is 0 Å². The van der Waals surface area contributed by atoms with Gasteiger partial charge in [-0.05, 0) is 25.1 Å². The monoisotopic (exact) mass is 437 g/mol. The summed E-state index contributed by atoms with van der Waals surface area (Å²) < 4.78 is 5.66. The van der Waals surface area contributed by atoms with Crippen molar-refractivity contribution >= 4 is 40.5 Å². The number of benzene rings is 1. The van der Waals surface area contributed by atoms with Crippen LogP contribution in [0.1, 0.15) is 32.5 Å². The van der Waals surface area contributed by atoms with Crippen molar-refractivity contribution in [2.45, 2.75) is 13.5 Å². The maximum Gasteiger partial charge on any atom is 0.338 e. The lowest BCUT2D eigenvalue weighted by Gasteiger charge is -2.34. The van der Waals surface area contributed by atoms with Crippen LogP contribution < -0.4 is 0 Å². The summed E-state index contributed by atoms with van der Waals surface area (Å²) in [5, 5.41) is 11.2. The first kappa shape index (κ1) is 21.2. The van der Waals surface area contributed by atoms with Crippen LogP contribution in [0, 0.1) is 10.1 Å². The zero-order valence-electron chi connectivity index (χ0n) is 15.8. The van der Waals surface area contributed by atoms with Crippen LogP contribution in [0.5, 0.6) is 0 Å². The molecule has 0 atom stereocenters. The Labute approximate surface area is 176 Å². The number of thiophene rings is 1. The fourth-order valence-corrected chi connectivity index (χ4v) is 4.25. The number of nitrogens with zero attached hydrogens (tertiary/aromatic N) is 3. The number of esters is 1. The maximum absolute atomic E-state index is 12.9. The summed E-state index contributed by atoms with van der Waals surface area (Å²) in [7, 11) is 0. The second-order valence-corrected chi connectivity index (χ2v) is 8.32. The second kappa shape index (κ2) is 9.34. The molecule has 3 rings (SSSR count). The van der Waals surface area contributed by atoms with Crippen LogP contribution in [0.15, 0.2) is 30.3 Å². The maximum atomic E-state index is 12.9. The van der Waals surface area contributed by atoms with Crippen LogP contribution >= 0.6 is 22.9 Å². The number of nitro groups is 1. The summed E-state index contributed by atoms with van der Waals surface area (Å²) in [4.78, 5) is 40.5. The summed E-state index contributed by atoms with van der Waals surface area (Å²) >= 11 is 7.50. The molecule has 0 N–H and O–H groups in total. The van der Waals surface area contributed by atoms with Gasteiger partial charge in [0, 0.05) is 55.3 Å². The molecule has 1 aliphatic heterocycles. The van der Waals surface area contributed by atoms with E-state index in [0.717, 1.165) is 21.8 Å². The van der Waals surface area contributed by atoms with Crippen molar-refractivity contribution in [3.63, 3.8) is 0 Å². The molecule has 0 spiro atoms. The van der Waals surface area contributed by atoms with E-state index in [0.29, 0.717) is 26.2 Å². The average Bonchev–Trinajstić information content (AvgIpc) is 3.12. The molecule has 1 amide bonds. The number of nitro benzene ring substituents is 1. The number of hydrogen-bond donors (Lipinski definition) is 0. The Morgan fingerprint density at radius 1 is 1.17 bits per heavy atom. The highest BCUT2D eigenvalue weighted by molar-refractivity contribution is 7.16. The Hall–Kier alpha value is -2.49. The van der Waals surface area contributed by atoms with E-state index >= 15 is 0 Å². The van der Waals surface area contributed by atoms with Crippen molar-refractivity contribution in [3.05, 3.63) is 60.8 Å². The van der Waals surface area contributed by atoms with E-state index in [-0.39, 0.29) is 29.3 Å². The lowest BCUT2D eigenvalue weighted by atomic mass is 10.1. The van der Waals surface area contributed by atoms with Gasteiger partial charge in [0.2, 0.25) is 0 Å². The van der Waals surface area contributed by atoms with Gasteiger partial charge in [0.25, 0.3) is 11.6 Å². The smallest absolute Gasteiger partial charge is 0.338 e. The van der Waals surface area contributed by atoms with Crippen LogP contribution in [0.25, 0.3) is 0 Å². The van der Waals surface area contributed by atoms with Gasteiger partial charge in [-0.1, -0.05) is 11.6 Å². The molecule has 2 aromatic rings. The minimum absolute atomic E-state index is 0.00221. The molecule has 154 valence electrons. The van der Waals surface area contributed by atoms with Gasteiger partial charge >= 0.3 is 5.97 Å². The number of halogens is 1. The topological polar surface area (TPSA) is 93.0 Å². The number of ether oxygens (including phenoxy) is 1. The SMILES string of the molecule is CCOC(=O)c1cc(C(=O)N2CCN(Cc3ccc(Cl)s3)CC2)cc([N+](=O)[O-])c1. The fourth-order valence-electron chi connectivity index (χ4n) is 3.12. The third-order valence-corrected chi connectivity index (χ3v) is 5.77. The van der Waals surface area contributed by atoms with Crippen molar-refractivity contribution in [2.24, 2.45) is 0 Å². The minimum atomic E-state index is -0.690. The summed E-state index contributed by atoms with van der Waals surface area (Å²) in [6.07, 6.45) is 0. The number of hydrogen-bond acceptors (Lipinski definition) is 7. The summed E-state index contributed by atoms with van der Waals surface area (Å²) in [5.74, 6) is -1.03. The fraction of sp³-hybridized carbons (Fsp3) is 0.368. The van der Waals surface area contributed by atoms with Crippen LogP contribution in [-0.2, 0) is 11.3 Å². The predicted octanol–water partition coefficient (Wildman–Crippen LogP) is 3.44. The molecule has 8 nitrogen and oxygen atoms in total. The molecular weight excluding hydrogens is 418 g/mol. The van der Waals surface area contributed by atoms with E-state index < -0.39 is 10.9 Å². The molecule has 0 unspecified atom stereocenters. The lowest BCUT2D eigenvalue weighted by molar-refractivity contribution is -0.384. The number of carbonyl (C=O) groups excluding carboxylic acids is 2. The summed E-state index contributed by atoms with van der Waals surface area (Å²) in [6.45, 7) is 4.91. The van der Waals surface area contributed by atoms with Crippen molar-refractivity contribution in [2.75, 3.05) is 32.8 Å². The third kappa shape index (κ3) is 5.31. The molecule has 0 aliphatic carbocycles. The molecule has 0 bridgehead atoms. The molecule has 0 radical (unpaired) electrons. The van der Waals surface area contributed by atoms with E-state index in [1.165, 1.54) is 23.5 Å². The van der Waals surface area contributed by atoms with E-state index in [1.807, 2.05) is 12.1 Å². The Balaban J connectivity index is 1.69. The number of piperazine rings is 1. The Morgan fingerprint density at radius 3 is 2.45 bits per heavy atom. The van der Waals surface area contributed by atoms with Crippen LogP contribution in [-0.4, -0.2) is 59.4 Å². The van der Waals surface area contributed by atoms with Crippen molar-refractivity contribution < 1.29 is 19.2 Å². The van der Waals surface area contributed by atoms with E-state index in [2.05, 4.69) is 4.90 Å². The molecule has 1 fully saturated rings. The first-order valence-corrected chi connectivity index (χ1v) is 10.3. The predicted molar refractivity (Wildman–Crippen MR) is 110 cm³/mol. The van der Waals surface area contributed by atoms with Crippen molar-refractivity contribution in [1.82, 2.24) is 9.80 Å². The summed E-state index contributed by atoms with van der Waals surface area (Å²) in [5.41, 5.74) is -0.203. The normalized spacial score (nSPS) is 14.6. The Bertz CT molecular complexity index is 924. The first-order chi connectivity index (χ1) is 13.9. The van der Waals surface area contributed by atoms with Crippen molar-refractivity contribution in [1.29, 1.82) is 0 Å². The number of carbonyl (C=O) groups is 2. The number of amides is 1. The highest BCUT2D eigenvalue weighted by atomic mass is 35.5. The van der Waals surface area contributed by atoms with Gasteiger partial charge in [0.05, 0.1) is 21.4 Å². The average molecular weight is 438 g/mol. The van der Waals surface area contributed by atoms with Gasteiger partial charge in [0.15, 0.2) is 0 Å².